The molecule has 0 spiro atoms. The highest BCUT2D eigenvalue weighted by Gasteiger charge is 2.30. The minimum atomic E-state index is -0.966. The topological polar surface area (TPSA) is 69.6 Å². The Bertz CT molecular complexity index is 551. The summed E-state index contributed by atoms with van der Waals surface area (Å²) in [6.07, 6.45) is 1.33. The van der Waals surface area contributed by atoms with Crippen LogP contribution in [-0.4, -0.2) is 34.6 Å². The fourth-order valence-electron chi connectivity index (χ4n) is 2.45. The van der Waals surface area contributed by atoms with E-state index in [2.05, 4.69) is 5.32 Å². The van der Waals surface area contributed by atoms with Crippen molar-refractivity contribution in [3.05, 3.63) is 35.4 Å². The summed E-state index contributed by atoms with van der Waals surface area (Å²) in [7, 11) is 0. The number of nitrogens with one attached hydrogen (secondary N) is 1. The van der Waals surface area contributed by atoms with Crippen LogP contribution in [0, 0.1) is 11.6 Å². The van der Waals surface area contributed by atoms with Crippen molar-refractivity contribution in [3.8, 4) is 0 Å². The Morgan fingerprint density at radius 1 is 1.33 bits per heavy atom. The Hall–Kier alpha value is -2.18. The van der Waals surface area contributed by atoms with E-state index >= 15 is 0 Å². The van der Waals surface area contributed by atoms with Crippen LogP contribution in [-0.2, 0) is 11.3 Å². The molecular formula is C14H16F2N2O3. The lowest BCUT2D eigenvalue weighted by Gasteiger charge is -2.23. The van der Waals surface area contributed by atoms with Crippen LogP contribution < -0.4 is 5.32 Å². The van der Waals surface area contributed by atoms with Gasteiger partial charge in [0, 0.05) is 19.1 Å². The third-order valence-electron chi connectivity index (χ3n) is 3.48. The second-order valence-electron chi connectivity index (χ2n) is 4.99. The summed E-state index contributed by atoms with van der Waals surface area (Å²) in [6.45, 7) is 0.563. The van der Waals surface area contributed by atoms with E-state index in [4.69, 9.17) is 5.11 Å². The largest absolute Gasteiger partial charge is 0.481 e. The molecule has 1 atom stereocenters. The normalized spacial score (nSPS) is 17.8. The number of aliphatic carboxylic acids is 1. The Morgan fingerprint density at radius 3 is 2.76 bits per heavy atom. The van der Waals surface area contributed by atoms with Crippen LogP contribution in [0.3, 0.4) is 0 Å². The number of carboxylic acid groups (broad SMARTS) is 1. The summed E-state index contributed by atoms with van der Waals surface area (Å²) < 4.78 is 25.8. The molecule has 0 saturated carbocycles. The lowest BCUT2D eigenvalue weighted by molar-refractivity contribution is -0.137. The molecule has 0 bridgehead atoms. The third kappa shape index (κ3) is 3.90. The number of nitrogens with zero attached hydrogens (tertiary/aromatic N) is 1. The minimum absolute atomic E-state index is 0.0618. The van der Waals surface area contributed by atoms with Crippen molar-refractivity contribution >= 4 is 12.0 Å². The second-order valence-corrected chi connectivity index (χ2v) is 4.99. The summed E-state index contributed by atoms with van der Waals surface area (Å²) in [5.41, 5.74) is 0.441. The predicted molar refractivity (Wildman–Crippen MR) is 70.6 cm³/mol. The van der Waals surface area contributed by atoms with Gasteiger partial charge in [0.2, 0.25) is 0 Å². The number of carboxylic acids is 1. The molecule has 2 N–H and O–H groups in total. The summed E-state index contributed by atoms with van der Waals surface area (Å²) in [6, 6.07) is 2.71. The quantitative estimate of drug-likeness (QED) is 0.894. The van der Waals surface area contributed by atoms with Gasteiger partial charge in [-0.3, -0.25) is 4.79 Å². The fourth-order valence-corrected chi connectivity index (χ4v) is 2.45. The van der Waals surface area contributed by atoms with Gasteiger partial charge in [0.25, 0.3) is 0 Å². The van der Waals surface area contributed by atoms with Gasteiger partial charge in [-0.2, -0.15) is 0 Å². The van der Waals surface area contributed by atoms with Gasteiger partial charge in [-0.25, -0.2) is 13.6 Å². The first-order valence-corrected chi connectivity index (χ1v) is 6.67. The number of hydrogen-bond acceptors (Lipinski definition) is 2. The average molecular weight is 298 g/mol. The minimum Gasteiger partial charge on any atom is -0.481 e. The van der Waals surface area contributed by atoms with Gasteiger partial charge < -0.3 is 15.3 Å². The molecule has 1 aliphatic rings. The Labute approximate surface area is 120 Å². The number of halogens is 2. The predicted octanol–water partition coefficient (Wildman–Crippen LogP) is 2.11. The second kappa shape index (κ2) is 6.51. The van der Waals surface area contributed by atoms with E-state index in [1.165, 1.54) is 11.0 Å². The molecule has 2 amide bonds. The van der Waals surface area contributed by atoms with Crippen molar-refractivity contribution in [2.75, 3.05) is 6.54 Å². The maximum atomic E-state index is 13.0. The summed E-state index contributed by atoms with van der Waals surface area (Å²) >= 11 is 0. The smallest absolute Gasteiger partial charge is 0.317 e. The van der Waals surface area contributed by atoms with Crippen LogP contribution in [0.15, 0.2) is 18.2 Å². The standard InChI is InChI=1S/C14H16F2N2O3/c15-11-4-3-9(6-12(11)16)8-17-14(21)18-5-1-2-10(18)7-13(19)20/h3-4,6,10H,1-2,5,7-8H2,(H,17,21)(H,19,20). The van der Waals surface area contributed by atoms with E-state index in [1.54, 1.807) is 0 Å². The molecule has 21 heavy (non-hydrogen) atoms. The van der Waals surface area contributed by atoms with Crippen LogP contribution in [0.5, 0.6) is 0 Å². The van der Waals surface area contributed by atoms with Crippen LogP contribution in [0.4, 0.5) is 13.6 Å². The molecule has 0 radical (unpaired) electrons. The summed E-state index contributed by atoms with van der Waals surface area (Å²) in [5.74, 6) is -2.85. The van der Waals surface area contributed by atoms with Crippen molar-refractivity contribution in [1.82, 2.24) is 10.2 Å². The molecule has 1 saturated heterocycles. The van der Waals surface area contributed by atoms with E-state index in [1.807, 2.05) is 0 Å². The number of amides is 2. The lowest BCUT2D eigenvalue weighted by Crippen LogP contribution is -2.43. The molecule has 1 unspecified atom stereocenters. The fraction of sp³-hybridized carbons (Fsp3) is 0.429. The van der Waals surface area contributed by atoms with E-state index in [0.29, 0.717) is 18.5 Å². The molecular weight excluding hydrogens is 282 g/mol. The van der Waals surface area contributed by atoms with Gasteiger partial charge >= 0.3 is 12.0 Å². The van der Waals surface area contributed by atoms with E-state index in [0.717, 1.165) is 18.6 Å². The molecule has 5 nitrogen and oxygen atoms in total. The summed E-state index contributed by atoms with van der Waals surface area (Å²) in [4.78, 5) is 24.2. The highest BCUT2D eigenvalue weighted by atomic mass is 19.2. The number of urea groups is 1. The SMILES string of the molecule is O=C(O)CC1CCCN1C(=O)NCc1ccc(F)c(F)c1. The van der Waals surface area contributed by atoms with Gasteiger partial charge in [0.15, 0.2) is 11.6 Å². The molecule has 7 heteroatoms. The molecule has 1 aliphatic heterocycles. The van der Waals surface area contributed by atoms with Crippen molar-refractivity contribution in [2.24, 2.45) is 0 Å². The molecule has 2 rings (SSSR count). The number of benzene rings is 1. The zero-order valence-electron chi connectivity index (χ0n) is 11.3. The first kappa shape index (κ1) is 15.2. The maximum Gasteiger partial charge on any atom is 0.317 e. The third-order valence-corrected chi connectivity index (χ3v) is 3.48. The number of hydrogen-bond donors (Lipinski definition) is 2. The molecule has 0 aliphatic carbocycles. The first-order chi connectivity index (χ1) is 9.97. The van der Waals surface area contributed by atoms with Crippen LogP contribution in [0.25, 0.3) is 0 Å². The summed E-state index contributed by atoms with van der Waals surface area (Å²) in [5, 5.41) is 11.4. The monoisotopic (exact) mass is 298 g/mol. The van der Waals surface area contributed by atoms with E-state index in [9.17, 15) is 18.4 Å². The van der Waals surface area contributed by atoms with E-state index in [-0.39, 0.29) is 25.0 Å². The number of carbonyl (C=O) groups excluding carboxylic acids is 1. The molecule has 0 aromatic heterocycles. The van der Waals surface area contributed by atoms with E-state index < -0.39 is 17.6 Å². The highest BCUT2D eigenvalue weighted by molar-refractivity contribution is 5.76. The Kier molecular flexibility index (Phi) is 4.72. The van der Waals surface area contributed by atoms with Gasteiger partial charge in [0.1, 0.15) is 0 Å². The van der Waals surface area contributed by atoms with Crippen LogP contribution in [0.2, 0.25) is 0 Å². The zero-order chi connectivity index (χ0) is 15.4. The molecule has 1 aromatic carbocycles. The Balaban J connectivity index is 1.91. The van der Waals surface area contributed by atoms with Crippen molar-refractivity contribution < 1.29 is 23.5 Å². The van der Waals surface area contributed by atoms with Crippen molar-refractivity contribution in [1.29, 1.82) is 0 Å². The molecule has 1 aromatic rings. The van der Waals surface area contributed by atoms with Crippen LogP contribution in [0.1, 0.15) is 24.8 Å². The number of rotatable bonds is 4. The van der Waals surface area contributed by atoms with Crippen molar-refractivity contribution in [2.45, 2.75) is 31.8 Å². The zero-order valence-corrected chi connectivity index (χ0v) is 11.3. The number of likely N-dealkylation sites (tertiary alicyclic amines) is 1. The molecule has 114 valence electrons. The van der Waals surface area contributed by atoms with Gasteiger partial charge in [-0.1, -0.05) is 6.07 Å². The average Bonchev–Trinajstić information content (AvgIpc) is 2.87. The first-order valence-electron chi connectivity index (χ1n) is 6.67. The van der Waals surface area contributed by atoms with Crippen molar-refractivity contribution in [3.63, 3.8) is 0 Å². The molecule has 1 heterocycles. The number of carbonyl (C=O) groups is 2. The van der Waals surface area contributed by atoms with Gasteiger partial charge in [-0.15, -0.1) is 0 Å². The highest BCUT2D eigenvalue weighted by Crippen LogP contribution is 2.20. The molecule has 1 fully saturated rings. The lowest BCUT2D eigenvalue weighted by atomic mass is 10.1. The Morgan fingerprint density at radius 2 is 2.10 bits per heavy atom. The van der Waals surface area contributed by atoms with Gasteiger partial charge in [0.05, 0.1) is 6.42 Å². The maximum absolute atomic E-state index is 13.0. The van der Waals surface area contributed by atoms with Crippen LogP contribution >= 0.6 is 0 Å². The van der Waals surface area contributed by atoms with Gasteiger partial charge in [-0.05, 0) is 30.5 Å².